The second-order valence-electron chi connectivity index (χ2n) is 3.51. The largest absolute Gasteiger partial charge is 0.338 e. The number of halogens is 1. The van der Waals surface area contributed by atoms with Crippen LogP contribution in [0.25, 0.3) is 11.6 Å². The van der Waals surface area contributed by atoms with Crippen LogP contribution in [-0.4, -0.2) is 15.1 Å². The number of hydrogen-bond acceptors (Lipinski definition) is 2. The molecule has 0 bridgehead atoms. The summed E-state index contributed by atoms with van der Waals surface area (Å²) in [6, 6.07) is 0. The molecule has 108 valence electrons. The number of H-pyrrole nitrogens is 1. The smallest absolute Gasteiger partial charge is 0.130 e. The molecular weight excluding hydrogens is 270 g/mol. The summed E-state index contributed by atoms with van der Waals surface area (Å²) in [6.07, 6.45) is 14.8. The highest BCUT2D eigenvalue weighted by Gasteiger charge is 2.00. The molecule has 2 N–H and O–H groups in total. The van der Waals surface area contributed by atoms with Gasteiger partial charge in [-0.3, -0.25) is 5.41 Å². The van der Waals surface area contributed by atoms with Crippen molar-refractivity contribution in [2.45, 2.75) is 27.7 Å². The minimum atomic E-state index is -0.0221. The highest BCUT2D eigenvalue weighted by molar-refractivity contribution is 6.67. The maximum absolute atomic E-state index is 7.10. The molecule has 0 aliphatic heterocycles. The Morgan fingerprint density at radius 3 is 2.50 bits per heavy atom. The van der Waals surface area contributed by atoms with Crippen LogP contribution in [0.1, 0.15) is 39.2 Å². The molecule has 0 aromatic carbocycles. The van der Waals surface area contributed by atoms with E-state index in [1.54, 1.807) is 12.3 Å². The standard InChI is InChI=1S/C14H16ClN3.C2H6/c1-3-5-7-11(6-4-2)12-10-17-14(18-12)9-8-13(15)16;1-2/h3-10,16H,1-2H3,(H,17,18);1-2H3/b5-3-,6-4-,9-8-,11-7+,16-13?;. The third-order valence-electron chi connectivity index (χ3n) is 2.11. The number of hydrogen-bond donors (Lipinski definition) is 2. The number of allylic oxidation sites excluding steroid dienone is 7. The Morgan fingerprint density at radius 1 is 1.25 bits per heavy atom. The zero-order valence-corrected chi connectivity index (χ0v) is 13.2. The fourth-order valence-corrected chi connectivity index (χ4v) is 1.40. The molecule has 0 amide bonds. The van der Waals surface area contributed by atoms with E-state index in [0.29, 0.717) is 5.82 Å². The van der Waals surface area contributed by atoms with Gasteiger partial charge in [-0.05, 0) is 31.6 Å². The van der Waals surface area contributed by atoms with Crippen LogP contribution in [0.2, 0.25) is 0 Å². The number of imidazole rings is 1. The summed E-state index contributed by atoms with van der Waals surface area (Å²) in [5, 5.41) is 7.07. The van der Waals surface area contributed by atoms with Crippen LogP contribution >= 0.6 is 11.6 Å². The fourth-order valence-electron chi connectivity index (χ4n) is 1.33. The van der Waals surface area contributed by atoms with Gasteiger partial charge in [-0.15, -0.1) is 0 Å². The highest BCUT2D eigenvalue weighted by atomic mass is 35.5. The molecule has 0 atom stereocenters. The first-order valence-electron chi connectivity index (χ1n) is 6.60. The van der Waals surface area contributed by atoms with E-state index in [1.165, 1.54) is 6.08 Å². The second kappa shape index (κ2) is 11.0. The van der Waals surface area contributed by atoms with E-state index >= 15 is 0 Å². The van der Waals surface area contributed by atoms with Crippen molar-refractivity contribution in [3.63, 3.8) is 0 Å². The molecule has 1 aromatic heterocycles. The summed E-state index contributed by atoms with van der Waals surface area (Å²) in [7, 11) is 0. The van der Waals surface area contributed by atoms with E-state index < -0.39 is 0 Å². The van der Waals surface area contributed by atoms with Gasteiger partial charge in [0.05, 0.1) is 11.9 Å². The van der Waals surface area contributed by atoms with Gasteiger partial charge in [0.1, 0.15) is 11.0 Å². The lowest BCUT2D eigenvalue weighted by molar-refractivity contribution is 1.25. The van der Waals surface area contributed by atoms with Crippen LogP contribution in [-0.2, 0) is 0 Å². The van der Waals surface area contributed by atoms with Crippen molar-refractivity contribution in [2.75, 3.05) is 0 Å². The van der Waals surface area contributed by atoms with Gasteiger partial charge in [0.15, 0.2) is 0 Å². The van der Waals surface area contributed by atoms with Crippen molar-refractivity contribution in [2.24, 2.45) is 0 Å². The topological polar surface area (TPSA) is 52.5 Å². The third kappa shape index (κ3) is 6.90. The molecule has 0 radical (unpaired) electrons. The quantitative estimate of drug-likeness (QED) is 0.568. The van der Waals surface area contributed by atoms with Gasteiger partial charge in [0.25, 0.3) is 0 Å². The molecule has 20 heavy (non-hydrogen) atoms. The summed E-state index contributed by atoms with van der Waals surface area (Å²) in [6.45, 7) is 7.94. The molecular formula is C16H22ClN3. The summed E-state index contributed by atoms with van der Waals surface area (Å²) >= 11 is 5.44. The minimum absolute atomic E-state index is 0.0221. The van der Waals surface area contributed by atoms with Crippen LogP contribution in [0, 0.1) is 5.41 Å². The normalized spacial score (nSPS) is 12.2. The molecule has 0 aliphatic carbocycles. The Balaban J connectivity index is 0.00000172. The lowest BCUT2D eigenvalue weighted by atomic mass is 10.1. The van der Waals surface area contributed by atoms with Gasteiger partial charge in [0, 0.05) is 0 Å². The van der Waals surface area contributed by atoms with Crippen molar-refractivity contribution in [1.29, 1.82) is 5.41 Å². The fraction of sp³-hybridized carbons (Fsp3) is 0.250. The molecule has 0 spiro atoms. The van der Waals surface area contributed by atoms with Gasteiger partial charge in [0.2, 0.25) is 0 Å². The molecule has 0 aliphatic rings. The van der Waals surface area contributed by atoms with E-state index in [1.807, 2.05) is 58.1 Å². The monoisotopic (exact) mass is 291 g/mol. The van der Waals surface area contributed by atoms with Crippen LogP contribution in [0.5, 0.6) is 0 Å². The van der Waals surface area contributed by atoms with Crippen molar-refractivity contribution < 1.29 is 0 Å². The van der Waals surface area contributed by atoms with Gasteiger partial charge >= 0.3 is 0 Å². The number of aromatic amines is 1. The third-order valence-corrected chi connectivity index (χ3v) is 2.23. The van der Waals surface area contributed by atoms with Crippen molar-refractivity contribution >= 4 is 28.4 Å². The first-order chi connectivity index (χ1) is 9.67. The number of rotatable bonds is 5. The first-order valence-corrected chi connectivity index (χ1v) is 6.98. The average molecular weight is 292 g/mol. The molecule has 0 fully saturated rings. The molecule has 1 rings (SSSR count). The van der Waals surface area contributed by atoms with Gasteiger partial charge in [-0.1, -0.05) is 55.8 Å². The lowest BCUT2D eigenvalue weighted by Crippen LogP contribution is -1.82. The summed E-state index contributed by atoms with van der Waals surface area (Å²) in [5.74, 6) is 0.672. The Kier molecular flexibility index (Phi) is 9.97. The molecule has 0 saturated heterocycles. The molecule has 0 unspecified atom stereocenters. The predicted molar refractivity (Wildman–Crippen MR) is 90.2 cm³/mol. The van der Waals surface area contributed by atoms with E-state index in [0.717, 1.165) is 11.3 Å². The van der Waals surface area contributed by atoms with Gasteiger partial charge in [-0.25, -0.2) is 4.98 Å². The summed E-state index contributed by atoms with van der Waals surface area (Å²) < 4.78 is 0. The Hall–Kier alpha value is -1.87. The number of nitrogens with zero attached hydrogens (tertiary/aromatic N) is 1. The molecule has 3 nitrogen and oxygen atoms in total. The summed E-state index contributed by atoms with van der Waals surface area (Å²) in [4.78, 5) is 7.36. The van der Waals surface area contributed by atoms with Gasteiger partial charge < -0.3 is 4.98 Å². The average Bonchev–Trinajstić information content (AvgIpc) is 2.92. The zero-order chi connectivity index (χ0) is 15.4. The Labute approximate surface area is 126 Å². The van der Waals surface area contributed by atoms with Gasteiger partial charge in [-0.2, -0.15) is 0 Å². The zero-order valence-electron chi connectivity index (χ0n) is 12.4. The molecule has 4 heteroatoms. The SMILES string of the molecule is CC.C\C=C/C=C(\C=C/C)c1cnc(/C=C\C(=N)Cl)[nH]1. The Morgan fingerprint density at radius 2 is 1.95 bits per heavy atom. The number of nitrogens with one attached hydrogen (secondary N) is 2. The van der Waals surface area contributed by atoms with Crippen LogP contribution in [0.15, 0.2) is 42.7 Å². The van der Waals surface area contributed by atoms with Crippen molar-refractivity contribution in [3.05, 3.63) is 54.2 Å². The first kappa shape index (κ1) is 18.1. The maximum atomic E-state index is 7.10. The molecule has 1 heterocycles. The molecule has 0 saturated carbocycles. The van der Waals surface area contributed by atoms with Crippen LogP contribution in [0.4, 0.5) is 0 Å². The van der Waals surface area contributed by atoms with E-state index in [4.69, 9.17) is 17.0 Å². The van der Waals surface area contributed by atoms with E-state index in [9.17, 15) is 0 Å². The number of aromatic nitrogens is 2. The highest BCUT2D eigenvalue weighted by Crippen LogP contribution is 2.14. The minimum Gasteiger partial charge on any atom is -0.338 e. The van der Waals surface area contributed by atoms with E-state index in [2.05, 4.69) is 9.97 Å². The predicted octanol–water partition coefficient (Wildman–Crippen LogP) is 5.20. The lowest BCUT2D eigenvalue weighted by Gasteiger charge is -1.96. The van der Waals surface area contributed by atoms with Crippen molar-refractivity contribution in [3.8, 4) is 0 Å². The molecule has 1 aromatic rings. The van der Waals surface area contributed by atoms with Crippen molar-refractivity contribution in [1.82, 2.24) is 9.97 Å². The maximum Gasteiger partial charge on any atom is 0.130 e. The summed E-state index contributed by atoms with van der Waals surface area (Å²) in [5.41, 5.74) is 1.97. The Bertz CT molecular complexity index is 520. The second-order valence-corrected chi connectivity index (χ2v) is 3.92. The van der Waals surface area contributed by atoms with Crippen LogP contribution < -0.4 is 0 Å². The van der Waals surface area contributed by atoms with E-state index in [-0.39, 0.29) is 5.17 Å². The van der Waals surface area contributed by atoms with Crippen LogP contribution in [0.3, 0.4) is 0 Å².